The molecule has 0 aliphatic heterocycles. The molecule has 1 aliphatic rings. The highest BCUT2D eigenvalue weighted by Crippen LogP contribution is 2.23. The molecule has 0 aromatic heterocycles. The second-order valence-corrected chi connectivity index (χ2v) is 4.99. The maximum Gasteiger partial charge on any atom is 0.0218 e. The average molecular weight is 212 g/mol. The van der Waals surface area contributed by atoms with Crippen molar-refractivity contribution in [2.24, 2.45) is 5.73 Å². The molecule has 0 spiro atoms. The average Bonchev–Trinajstić information content (AvgIpc) is 2.31. The third-order valence-corrected chi connectivity index (χ3v) is 3.89. The molecule has 1 aliphatic carbocycles. The van der Waals surface area contributed by atoms with Gasteiger partial charge in [0.1, 0.15) is 0 Å². The van der Waals surface area contributed by atoms with Crippen molar-refractivity contribution in [1.82, 2.24) is 4.90 Å². The number of likely N-dealkylation sites (N-methyl/N-ethyl adjacent to an activating group) is 1. The summed E-state index contributed by atoms with van der Waals surface area (Å²) in [4.78, 5) is 2.56. The predicted molar refractivity (Wildman–Crippen MR) is 67.0 cm³/mol. The summed E-state index contributed by atoms with van der Waals surface area (Å²) in [7, 11) is 2.28. The van der Waals surface area contributed by atoms with Crippen LogP contribution in [0, 0.1) is 0 Å². The van der Waals surface area contributed by atoms with Gasteiger partial charge in [-0.05, 0) is 26.3 Å². The van der Waals surface area contributed by atoms with Gasteiger partial charge in [0.25, 0.3) is 0 Å². The van der Waals surface area contributed by atoms with E-state index in [0.29, 0.717) is 6.04 Å². The molecule has 0 radical (unpaired) electrons. The highest BCUT2D eigenvalue weighted by molar-refractivity contribution is 4.79. The molecule has 2 nitrogen and oxygen atoms in total. The first-order valence-electron chi connectivity index (χ1n) is 6.71. The minimum Gasteiger partial charge on any atom is -0.329 e. The summed E-state index contributed by atoms with van der Waals surface area (Å²) < 4.78 is 0. The van der Waals surface area contributed by atoms with Crippen molar-refractivity contribution in [1.29, 1.82) is 0 Å². The smallest absolute Gasteiger partial charge is 0.0218 e. The molecule has 1 unspecified atom stereocenters. The van der Waals surface area contributed by atoms with Crippen molar-refractivity contribution in [3.63, 3.8) is 0 Å². The molecule has 2 heteroatoms. The van der Waals surface area contributed by atoms with Gasteiger partial charge in [0, 0.05) is 18.6 Å². The van der Waals surface area contributed by atoms with Crippen molar-refractivity contribution in [2.45, 2.75) is 70.4 Å². The monoisotopic (exact) mass is 212 g/mol. The van der Waals surface area contributed by atoms with Crippen LogP contribution in [-0.2, 0) is 0 Å². The van der Waals surface area contributed by atoms with E-state index in [9.17, 15) is 0 Å². The van der Waals surface area contributed by atoms with Gasteiger partial charge in [-0.1, -0.05) is 39.0 Å². The Morgan fingerprint density at radius 1 is 1.27 bits per heavy atom. The van der Waals surface area contributed by atoms with Crippen molar-refractivity contribution >= 4 is 0 Å². The Bertz CT molecular complexity index is 153. The van der Waals surface area contributed by atoms with Gasteiger partial charge in [-0.3, -0.25) is 4.90 Å². The van der Waals surface area contributed by atoms with E-state index < -0.39 is 0 Å². The first kappa shape index (κ1) is 13.0. The number of nitrogens with zero attached hydrogens (tertiary/aromatic N) is 1. The summed E-state index contributed by atoms with van der Waals surface area (Å²) in [5.41, 5.74) is 5.88. The largest absolute Gasteiger partial charge is 0.329 e. The molecule has 15 heavy (non-hydrogen) atoms. The van der Waals surface area contributed by atoms with Crippen LogP contribution < -0.4 is 5.73 Å². The summed E-state index contributed by atoms with van der Waals surface area (Å²) in [6.07, 6.45) is 10.9. The third kappa shape index (κ3) is 4.12. The fourth-order valence-corrected chi connectivity index (χ4v) is 2.71. The highest BCUT2D eigenvalue weighted by atomic mass is 15.2. The van der Waals surface area contributed by atoms with Gasteiger partial charge in [0.2, 0.25) is 0 Å². The molecule has 0 amide bonds. The molecule has 0 saturated heterocycles. The SMILES string of the molecule is CCCCC(CN)N(C)C1CCCCC1. The highest BCUT2D eigenvalue weighted by Gasteiger charge is 2.22. The van der Waals surface area contributed by atoms with E-state index in [-0.39, 0.29) is 0 Å². The van der Waals surface area contributed by atoms with Gasteiger partial charge in [-0.25, -0.2) is 0 Å². The Kier molecular flexibility index (Phi) is 6.26. The van der Waals surface area contributed by atoms with Gasteiger partial charge in [0.15, 0.2) is 0 Å². The summed E-state index contributed by atoms with van der Waals surface area (Å²) >= 11 is 0. The fraction of sp³-hybridized carbons (Fsp3) is 1.00. The topological polar surface area (TPSA) is 29.3 Å². The van der Waals surface area contributed by atoms with Crippen LogP contribution in [-0.4, -0.2) is 30.6 Å². The van der Waals surface area contributed by atoms with Crippen LogP contribution >= 0.6 is 0 Å². The molecule has 0 aromatic carbocycles. The van der Waals surface area contributed by atoms with E-state index in [1.807, 2.05) is 0 Å². The lowest BCUT2D eigenvalue weighted by Gasteiger charge is -2.36. The maximum absolute atomic E-state index is 5.88. The van der Waals surface area contributed by atoms with Crippen molar-refractivity contribution in [3.8, 4) is 0 Å². The maximum atomic E-state index is 5.88. The van der Waals surface area contributed by atoms with E-state index in [1.54, 1.807) is 0 Å². The van der Waals surface area contributed by atoms with Crippen LogP contribution in [0.3, 0.4) is 0 Å². The lowest BCUT2D eigenvalue weighted by Crippen LogP contribution is -2.45. The Labute approximate surface area is 95.2 Å². The van der Waals surface area contributed by atoms with Crippen LogP contribution in [0.1, 0.15) is 58.3 Å². The minimum absolute atomic E-state index is 0.619. The van der Waals surface area contributed by atoms with Crippen LogP contribution in [0.4, 0.5) is 0 Å². The second-order valence-electron chi connectivity index (χ2n) is 4.99. The normalized spacial score (nSPS) is 20.8. The lowest BCUT2D eigenvalue weighted by atomic mass is 9.93. The summed E-state index contributed by atoms with van der Waals surface area (Å²) in [5.74, 6) is 0. The van der Waals surface area contributed by atoms with Crippen LogP contribution in [0.25, 0.3) is 0 Å². The van der Waals surface area contributed by atoms with E-state index in [0.717, 1.165) is 12.6 Å². The van der Waals surface area contributed by atoms with Crippen LogP contribution in [0.15, 0.2) is 0 Å². The molecule has 1 saturated carbocycles. The molecule has 1 fully saturated rings. The Hall–Kier alpha value is -0.0800. The zero-order chi connectivity index (χ0) is 11.1. The molecular weight excluding hydrogens is 184 g/mol. The van der Waals surface area contributed by atoms with E-state index in [1.165, 1.54) is 51.4 Å². The first-order valence-corrected chi connectivity index (χ1v) is 6.71. The molecular formula is C13H28N2. The van der Waals surface area contributed by atoms with Gasteiger partial charge in [-0.15, -0.1) is 0 Å². The molecule has 0 bridgehead atoms. The Balaban J connectivity index is 2.36. The third-order valence-electron chi connectivity index (χ3n) is 3.89. The molecule has 0 aromatic rings. The summed E-state index contributed by atoms with van der Waals surface area (Å²) in [6.45, 7) is 3.08. The van der Waals surface area contributed by atoms with Crippen molar-refractivity contribution in [3.05, 3.63) is 0 Å². The molecule has 1 atom stereocenters. The zero-order valence-electron chi connectivity index (χ0n) is 10.5. The van der Waals surface area contributed by atoms with Crippen LogP contribution in [0.2, 0.25) is 0 Å². The summed E-state index contributed by atoms with van der Waals surface area (Å²) in [5, 5.41) is 0. The van der Waals surface area contributed by atoms with Gasteiger partial charge in [-0.2, -0.15) is 0 Å². The number of hydrogen-bond acceptors (Lipinski definition) is 2. The van der Waals surface area contributed by atoms with Crippen molar-refractivity contribution in [2.75, 3.05) is 13.6 Å². The molecule has 90 valence electrons. The zero-order valence-corrected chi connectivity index (χ0v) is 10.5. The van der Waals surface area contributed by atoms with Gasteiger partial charge in [0.05, 0.1) is 0 Å². The molecule has 2 N–H and O–H groups in total. The van der Waals surface area contributed by atoms with Gasteiger partial charge >= 0.3 is 0 Å². The van der Waals surface area contributed by atoms with E-state index in [2.05, 4.69) is 18.9 Å². The number of nitrogens with two attached hydrogens (primary N) is 1. The quantitative estimate of drug-likeness (QED) is 0.733. The predicted octanol–water partition coefficient (Wildman–Crippen LogP) is 2.77. The van der Waals surface area contributed by atoms with E-state index >= 15 is 0 Å². The van der Waals surface area contributed by atoms with E-state index in [4.69, 9.17) is 5.73 Å². The molecule has 0 heterocycles. The van der Waals surface area contributed by atoms with Crippen molar-refractivity contribution < 1.29 is 0 Å². The van der Waals surface area contributed by atoms with Gasteiger partial charge < -0.3 is 5.73 Å². The minimum atomic E-state index is 0.619. The number of hydrogen-bond donors (Lipinski definition) is 1. The lowest BCUT2D eigenvalue weighted by molar-refractivity contribution is 0.133. The molecule has 1 rings (SSSR count). The number of rotatable bonds is 6. The Morgan fingerprint density at radius 3 is 2.47 bits per heavy atom. The van der Waals surface area contributed by atoms with Crippen LogP contribution in [0.5, 0.6) is 0 Å². The first-order chi connectivity index (χ1) is 7.29. The Morgan fingerprint density at radius 2 is 1.93 bits per heavy atom. The standard InChI is InChI=1S/C13H28N2/c1-3-4-8-13(11-14)15(2)12-9-6-5-7-10-12/h12-13H,3-11,14H2,1-2H3. The second kappa shape index (κ2) is 7.24. The number of unbranched alkanes of at least 4 members (excludes halogenated alkanes) is 1. The fourth-order valence-electron chi connectivity index (χ4n) is 2.71. The summed E-state index contributed by atoms with van der Waals surface area (Å²) in [6, 6.07) is 1.43.